The minimum atomic E-state index is 0.348. The van der Waals surface area contributed by atoms with Crippen molar-refractivity contribution in [2.75, 3.05) is 7.05 Å². The number of benzene rings is 1. The minimum absolute atomic E-state index is 0.348. The molecule has 0 N–H and O–H groups in total. The monoisotopic (exact) mass is 372 g/mol. The topological polar surface area (TPSA) is 16.1 Å². The van der Waals surface area contributed by atoms with Gasteiger partial charge in [0, 0.05) is 16.4 Å². The Labute approximate surface area is 137 Å². The molecule has 108 valence electrons. The van der Waals surface area contributed by atoms with Crippen LogP contribution in [0.2, 0.25) is 0 Å². The van der Waals surface area contributed by atoms with Crippen LogP contribution in [0.4, 0.5) is 0 Å². The average molecular weight is 374 g/mol. The summed E-state index contributed by atoms with van der Waals surface area (Å²) in [7, 11) is 2.15. The summed E-state index contributed by atoms with van der Waals surface area (Å²) in [5.74, 6) is 0.489. The highest BCUT2D eigenvalue weighted by molar-refractivity contribution is 9.10. The van der Waals surface area contributed by atoms with E-state index in [4.69, 9.17) is 11.6 Å². The molecule has 0 amide bonds. The highest BCUT2D eigenvalue weighted by Crippen LogP contribution is 2.28. The van der Waals surface area contributed by atoms with Crippen LogP contribution in [0.15, 0.2) is 34.1 Å². The second-order valence-electron chi connectivity index (χ2n) is 4.78. The fourth-order valence-corrected chi connectivity index (χ4v) is 3.76. The van der Waals surface area contributed by atoms with Crippen molar-refractivity contribution in [3.05, 3.63) is 50.4 Å². The summed E-state index contributed by atoms with van der Waals surface area (Å²) in [6.07, 6.45) is 1.04. The molecule has 2 nitrogen and oxygen atoms in total. The first-order valence-corrected chi connectivity index (χ1v) is 8.79. The molecule has 1 atom stereocenters. The first-order valence-electron chi connectivity index (χ1n) is 6.59. The Balaban J connectivity index is 2.08. The van der Waals surface area contributed by atoms with Crippen LogP contribution in [-0.2, 0) is 12.4 Å². The zero-order chi connectivity index (χ0) is 14.5. The maximum absolute atomic E-state index is 5.84. The van der Waals surface area contributed by atoms with Gasteiger partial charge in [-0.2, -0.15) is 0 Å². The number of nitrogens with zero attached hydrogens (tertiary/aromatic N) is 2. The van der Waals surface area contributed by atoms with Crippen molar-refractivity contribution < 1.29 is 0 Å². The number of rotatable bonds is 6. The molecular weight excluding hydrogens is 356 g/mol. The molecule has 0 fully saturated rings. The van der Waals surface area contributed by atoms with E-state index in [2.05, 4.69) is 69.4 Å². The van der Waals surface area contributed by atoms with Crippen LogP contribution in [-0.4, -0.2) is 16.9 Å². The second-order valence-corrected chi connectivity index (χ2v) is 6.85. The first kappa shape index (κ1) is 16.0. The lowest BCUT2D eigenvalue weighted by atomic mass is 10.1. The lowest BCUT2D eigenvalue weighted by molar-refractivity contribution is 0.230. The maximum Gasteiger partial charge on any atom is 0.110 e. The van der Waals surface area contributed by atoms with E-state index in [0.717, 1.165) is 28.1 Å². The van der Waals surface area contributed by atoms with Gasteiger partial charge in [0.2, 0.25) is 0 Å². The summed E-state index contributed by atoms with van der Waals surface area (Å²) >= 11 is 11.0. The van der Waals surface area contributed by atoms with Crippen molar-refractivity contribution in [3.63, 3.8) is 0 Å². The summed E-state index contributed by atoms with van der Waals surface area (Å²) in [4.78, 5) is 6.96. The van der Waals surface area contributed by atoms with Crippen molar-refractivity contribution in [2.24, 2.45) is 0 Å². The Kier molecular flexibility index (Phi) is 6.02. The van der Waals surface area contributed by atoms with E-state index < -0.39 is 0 Å². The lowest BCUT2D eigenvalue weighted by Crippen LogP contribution is -2.23. The van der Waals surface area contributed by atoms with Gasteiger partial charge in [-0.1, -0.05) is 35.0 Å². The van der Waals surface area contributed by atoms with Crippen molar-refractivity contribution in [1.29, 1.82) is 0 Å². The summed E-state index contributed by atoms with van der Waals surface area (Å²) in [6, 6.07) is 8.82. The van der Waals surface area contributed by atoms with Crippen LogP contribution in [0.1, 0.15) is 35.7 Å². The number of halogens is 2. The van der Waals surface area contributed by atoms with Crippen LogP contribution >= 0.6 is 38.9 Å². The Morgan fingerprint density at radius 1 is 1.35 bits per heavy atom. The Morgan fingerprint density at radius 3 is 2.60 bits per heavy atom. The molecule has 0 aliphatic carbocycles. The molecule has 2 rings (SSSR count). The molecule has 1 unspecified atom stereocenters. The van der Waals surface area contributed by atoms with Crippen molar-refractivity contribution in [3.8, 4) is 0 Å². The molecule has 20 heavy (non-hydrogen) atoms. The third-order valence-electron chi connectivity index (χ3n) is 3.26. The van der Waals surface area contributed by atoms with E-state index in [-0.39, 0.29) is 0 Å². The largest absolute Gasteiger partial charge is 0.293 e. The molecule has 0 saturated carbocycles. The zero-order valence-corrected chi connectivity index (χ0v) is 14.8. The summed E-state index contributed by atoms with van der Waals surface area (Å²) in [6.45, 7) is 3.12. The van der Waals surface area contributed by atoms with Gasteiger partial charge in [-0.25, -0.2) is 4.98 Å². The highest BCUT2D eigenvalue weighted by atomic mass is 79.9. The van der Waals surface area contributed by atoms with Crippen molar-refractivity contribution >= 4 is 38.9 Å². The number of hydrogen-bond acceptors (Lipinski definition) is 3. The van der Waals surface area contributed by atoms with Crippen LogP contribution in [0.25, 0.3) is 0 Å². The van der Waals surface area contributed by atoms with Gasteiger partial charge in [0.25, 0.3) is 0 Å². The molecule has 0 aliphatic heterocycles. The third kappa shape index (κ3) is 4.04. The lowest BCUT2D eigenvalue weighted by Gasteiger charge is -2.25. The van der Waals surface area contributed by atoms with E-state index in [1.165, 1.54) is 5.56 Å². The van der Waals surface area contributed by atoms with E-state index in [0.29, 0.717) is 11.9 Å². The van der Waals surface area contributed by atoms with E-state index in [9.17, 15) is 0 Å². The van der Waals surface area contributed by atoms with E-state index >= 15 is 0 Å². The molecule has 5 heteroatoms. The minimum Gasteiger partial charge on any atom is -0.293 e. The Bertz CT molecular complexity index is 541. The predicted molar refractivity (Wildman–Crippen MR) is 90.3 cm³/mol. The zero-order valence-electron chi connectivity index (χ0n) is 11.6. The molecule has 1 aromatic carbocycles. The molecular formula is C15H18BrClN2S. The molecule has 0 saturated heterocycles. The van der Waals surface area contributed by atoms with Crippen LogP contribution in [0.3, 0.4) is 0 Å². The molecule has 0 bridgehead atoms. The molecule has 1 heterocycles. The number of thiazole rings is 1. The van der Waals surface area contributed by atoms with Gasteiger partial charge in [-0.05, 0) is 31.2 Å². The number of aromatic nitrogens is 1. The standard InChI is InChI=1S/C15H18BrClN2S/c1-3-14(15-18-13(8-17)10-20-15)19(2)9-11-4-6-12(16)7-5-11/h4-7,10,14H,3,8-9H2,1-2H3. The smallest absolute Gasteiger partial charge is 0.110 e. The van der Waals surface area contributed by atoms with Crippen LogP contribution in [0, 0.1) is 0 Å². The van der Waals surface area contributed by atoms with Crippen LogP contribution < -0.4 is 0 Å². The van der Waals surface area contributed by atoms with Gasteiger partial charge >= 0.3 is 0 Å². The summed E-state index contributed by atoms with van der Waals surface area (Å²) in [5.41, 5.74) is 2.28. The van der Waals surface area contributed by atoms with Gasteiger partial charge in [-0.3, -0.25) is 4.90 Å². The quantitative estimate of drug-likeness (QED) is 0.645. The van der Waals surface area contributed by atoms with E-state index in [1.807, 2.05) is 0 Å². The molecule has 1 aromatic heterocycles. The van der Waals surface area contributed by atoms with Crippen molar-refractivity contribution in [2.45, 2.75) is 31.8 Å². The first-order chi connectivity index (χ1) is 9.63. The maximum atomic E-state index is 5.84. The molecule has 0 radical (unpaired) electrons. The van der Waals surface area contributed by atoms with Gasteiger partial charge in [0.1, 0.15) is 5.01 Å². The van der Waals surface area contributed by atoms with Crippen molar-refractivity contribution in [1.82, 2.24) is 9.88 Å². The molecule has 0 spiro atoms. The fraction of sp³-hybridized carbons (Fsp3) is 0.400. The van der Waals surface area contributed by atoms with Gasteiger partial charge in [0.15, 0.2) is 0 Å². The van der Waals surface area contributed by atoms with E-state index in [1.54, 1.807) is 11.3 Å². The van der Waals surface area contributed by atoms with Gasteiger partial charge < -0.3 is 0 Å². The van der Waals surface area contributed by atoms with Crippen LogP contribution in [0.5, 0.6) is 0 Å². The normalized spacial score (nSPS) is 12.8. The predicted octanol–water partition coefficient (Wildman–Crippen LogP) is 5.23. The highest BCUT2D eigenvalue weighted by Gasteiger charge is 2.18. The molecule has 2 aromatic rings. The molecule has 0 aliphatic rings. The Hall–Kier alpha value is -0.420. The average Bonchev–Trinajstić information content (AvgIpc) is 2.91. The van der Waals surface area contributed by atoms with Gasteiger partial charge in [0.05, 0.1) is 17.6 Å². The number of alkyl halides is 1. The second kappa shape index (κ2) is 7.55. The summed E-state index contributed by atoms with van der Waals surface area (Å²) < 4.78 is 1.11. The summed E-state index contributed by atoms with van der Waals surface area (Å²) in [5, 5.41) is 3.21. The third-order valence-corrected chi connectivity index (χ3v) is 5.05. The SMILES string of the molecule is CCC(c1nc(CCl)cs1)N(C)Cc1ccc(Br)cc1. The van der Waals surface area contributed by atoms with Gasteiger partial charge in [-0.15, -0.1) is 22.9 Å². The number of hydrogen-bond donors (Lipinski definition) is 0. The fourth-order valence-electron chi connectivity index (χ4n) is 2.20. The Morgan fingerprint density at radius 2 is 2.05 bits per heavy atom.